The minimum atomic E-state index is -4.77. The maximum absolute atomic E-state index is 12.4. The van der Waals surface area contributed by atoms with Gasteiger partial charge in [-0.1, -0.05) is 0 Å². The summed E-state index contributed by atoms with van der Waals surface area (Å²) in [5.41, 5.74) is 0.449. The van der Waals surface area contributed by atoms with Gasteiger partial charge in [0.25, 0.3) is 5.91 Å². The second-order valence-electron chi connectivity index (χ2n) is 6.63. The highest BCUT2D eigenvalue weighted by molar-refractivity contribution is 5.94. The number of hydrogen-bond donors (Lipinski definition) is 2. The highest BCUT2D eigenvalue weighted by Gasteiger charge is 2.31. The Balaban J connectivity index is 1.45. The lowest BCUT2D eigenvalue weighted by atomic mass is 10.2. The number of rotatable bonds is 5. The van der Waals surface area contributed by atoms with Crippen molar-refractivity contribution in [2.45, 2.75) is 6.36 Å². The predicted octanol–water partition coefficient (Wildman–Crippen LogP) is 1.67. The number of hydrogen-bond acceptors (Lipinski definition) is 5. The van der Waals surface area contributed by atoms with Crippen LogP contribution in [-0.4, -0.2) is 65.7 Å². The summed E-state index contributed by atoms with van der Waals surface area (Å²) in [7, 11) is 0. The number of nitrogens with one attached hydrogen (secondary N) is 2. The normalized spacial score (nSPS) is 15.0. The first-order valence-electron chi connectivity index (χ1n) is 9.06. The lowest BCUT2D eigenvalue weighted by Gasteiger charge is -2.34. The van der Waals surface area contributed by atoms with E-state index in [1.165, 1.54) is 30.5 Å². The van der Waals surface area contributed by atoms with Crippen molar-refractivity contribution >= 4 is 17.5 Å². The summed E-state index contributed by atoms with van der Waals surface area (Å²) in [5, 5.41) is 2.61. The van der Waals surface area contributed by atoms with Crippen LogP contribution in [0.2, 0.25) is 0 Å². The van der Waals surface area contributed by atoms with Gasteiger partial charge in [0, 0.05) is 44.1 Å². The fraction of sp³-hybridized carbons (Fsp3) is 0.316. The summed E-state index contributed by atoms with van der Waals surface area (Å²) < 4.78 is 40.3. The largest absolute Gasteiger partial charge is 0.573 e. The molecule has 2 N–H and O–H groups in total. The molecule has 30 heavy (non-hydrogen) atoms. The number of aromatic amines is 1. The number of nitrogens with zero attached hydrogens (tertiary/aromatic N) is 2. The topological polar surface area (TPSA) is 94.7 Å². The maximum atomic E-state index is 12.4. The number of anilines is 1. The van der Waals surface area contributed by atoms with E-state index in [1.807, 2.05) is 4.90 Å². The van der Waals surface area contributed by atoms with Gasteiger partial charge in [-0.25, -0.2) is 0 Å². The third-order valence-electron chi connectivity index (χ3n) is 4.43. The van der Waals surface area contributed by atoms with Gasteiger partial charge in [0.2, 0.25) is 11.5 Å². The number of piperazine rings is 1. The monoisotopic (exact) mass is 424 g/mol. The van der Waals surface area contributed by atoms with Crippen molar-refractivity contribution in [3.63, 3.8) is 0 Å². The van der Waals surface area contributed by atoms with Crippen molar-refractivity contribution in [1.29, 1.82) is 0 Å². The number of carbonyl (C=O) groups excluding carboxylic acids is 2. The number of aromatic nitrogens is 1. The zero-order valence-electron chi connectivity index (χ0n) is 15.7. The van der Waals surface area contributed by atoms with E-state index < -0.39 is 6.36 Å². The smallest absolute Gasteiger partial charge is 0.406 e. The lowest BCUT2D eigenvalue weighted by Crippen LogP contribution is -2.50. The molecule has 3 rings (SSSR count). The zero-order chi connectivity index (χ0) is 21.7. The average molecular weight is 424 g/mol. The molecule has 2 amide bonds. The van der Waals surface area contributed by atoms with Crippen LogP contribution in [0.5, 0.6) is 5.75 Å². The molecule has 1 aliphatic rings. The molecule has 2 aromatic rings. The Labute approximate surface area is 169 Å². The molecule has 8 nitrogen and oxygen atoms in total. The van der Waals surface area contributed by atoms with Crippen LogP contribution in [-0.2, 0) is 4.79 Å². The van der Waals surface area contributed by atoms with E-state index in [0.717, 1.165) is 12.1 Å². The molecule has 0 aliphatic carbocycles. The molecule has 2 heterocycles. The van der Waals surface area contributed by atoms with Gasteiger partial charge >= 0.3 is 6.36 Å². The molecule has 160 valence electrons. The van der Waals surface area contributed by atoms with Gasteiger partial charge in [-0.05, 0) is 30.3 Å². The Bertz CT molecular complexity index is 931. The van der Waals surface area contributed by atoms with E-state index in [4.69, 9.17) is 0 Å². The van der Waals surface area contributed by atoms with Crippen molar-refractivity contribution in [2.24, 2.45) is 0 Å². The third kappa shape index (κ3) is 6.08. The SMILES string of the molecule is O=C(CN1CCN(C(=O)c2ccc(=O)[nH]c2)CC1)Nc1ccc(OC(F)(F)F)cc1. The van der Waals surface area contributed by atoms with Crippen molar-refractivity contribution in [3.8, 4) is 5.75 Å². The third-order valence-corrected chi connectivity index (χ3v) is 4.43. The summed E-state index contributed by atoms with van der Waals surface area (Å²) in [6, 6.07) is 7.62. The summed E-state index contributed by atoms with van der Waals surface area (Å²) >= 11 is 0. The van der Waals surface area contributed by atoms with Crippen molar-refractivity contribution < 1.29 is 27.5 Å². The van der Waals surface area contributed by atoms with Crippen LogP contribution < -0.4 is 15.6 Å². The van der Waals surface area contributed by atoms with Crippen molar-refractivity contribution in [1.82, 2.24) is 14.8 Å². The number of pyridine rings is 1. The van der Waals surface area contributed by atoms with Crippen LogP contribution in [0.15, 0.2) is 47.4 Å². The molecule has 1 fully saturated rings. The molecule has 11 heteroatoms. The average Bonchev–Trinajstić information content (AvgIpc) is 2.69. The summed E-state index contributed by atoms with van der Waals surface area (Å²) in [6.45, 7) is 1.91. The fourth-order valence-electron chi connectivity index (χ4n) is 2.98. The van der Waals surface area contributed by atoms with E-state index in [9.17, 15) is 27.6 Å². The van der Waals surface area contributed by atoms with Crippen molar-refractivity contribution in [2.75, 3.05) is 38.0 Å². The molecule has 1 aliphatic heterocycles. The van der Waals surface area contributed by atoms with Gasteiger partial charge in [0.15, 0.2) is 0 Å². The van der Waals surface area contributed by atoms with Crippen molar-refractivity contribution in [3.05, 3.63) is 58.5 Å². The van der Waals surface area contributed by atoms with Gasteiger partial charge in [-0.2, -0.15) is 0 Å². The second-order valence-corrected chi connectivity index (χ2v) is 6.63. The number of amides is 2. The van der Waals surface area contributed by atoms with E-state index in [-0.39, 0.29) is 29.7 Å². The van der Waals surface area contributed by atoms with Gasteiger partial charge < -0.3 is 19.9 Å². The zero-order valence-corrected chi connectivity index (χ0v) is 15.7. The highest BCUT2D eigenvalue weighted by Crippen LogP contribution is 2.23. The maximum Gasteiger partial charge on any atom is 0.573 e. The molecule has 0 unspecified atom stereocenters. The Morgan fingerprint density at radius 3 is 2.27 bits per heavy atom. The number of alkyl halides is 3. The molecular formula is C19H19F3N4O4. The van der Waals surface area contributed by atoms with E-state index >= 15 is 0 Å². The number of halogens is 3. The van der Waals surface area contributed by atoms with Crippen LogP contribution in [0.3, 0.4) is 0 Å². The number of H-pyrrole nitrogens is 1. The first-order valence-corrected chi connectivity index (χ1v) is 9.06. The first-order chi connectivity index (χ1) is 14.2. The van der Waals surface area contributed by atoms with Gasteiger partial charge in [-0.3, -0.25) is 19.3 Å². The summed E-state index contributed by atoms with van der Waals surface area (Å²) in [5.74, 6) is -0.889. The van der Waals surface area contributed by atoms with Crippen LogP contribution in [0.25, 0.3) is 0 Å². The Kier molecular flexibility index (Phi) is 6.40. The molecule has 1 aromatic heterocycles. The van der Waals surface area contributed by atoms with E-state index in [2.05, 4.69) is 15.0 Å². The van der Waals surface area contributed by atoms with Crippen LogP contribution in [0, 0.1) is 0 Å². The van der Waals surface area contributed by atoms with Crippen LogP contribution in [0.4, 0.5) is 18.9 Å². The number of carbonyl (C=O) groups is 2. The lowest BCUT2D eigenvalue weighted by molar-refractivity contribution is -0.274. The van der Waals surface area contributed by atoms with Gasteiger partial charge in [0.1, 0.15) is 5.75 Å². The summed E-state index contributed by atoms with van der Waals surface area (Å²) in [6.07, 6.45) is -3.40. The van der Waals surface area contributed by atoms with Crippen LogP contribution in [0.1, 0.15) is 10.4 Å². The molecule has 0 radical (unpaired) electrons. The molecule has 1 saturated heterocycles. The molecule has 0 spiro atoms. The fourth-order valence-corrected chi connectivity index (χ4v) is 2.98. The van der Waals surface area contributed by atoms with Crippen LogP contribution >= 0.6 is 0 Å². The molecule has 1 aromatic carbocycles. The number of benzene rings is 1. The van der Waals surface area contributed by atoms with Gasteiger partial charge in [-0.15, -0.1) is 13.2 Å². The molecule has 0 atom stereocenters. The highest BCUT2D eigenvalue weighted by atomic mass is 19.4. The van der Waals surface area contributed by atoms with E-state index in [1.54, 1.807) is 4.90 Å². The minimum Gasteiger partial charge on any atom is -0.406 e. The Morgan fingerprint density at radius 2 is 1.70 bits per heavy atom. The van der Waals surface area contributed by atoms with Gasteiger partial charge in [0.05, 0.1) is 12.1 Å². The minimum absolute atomic E-state index is 0.0848. The Morgan fingerprint density at radius 1 is 1.03 bits per heavy atom. The second kappa shape index (κ2) is 8.99. The standard InChI is InChI=1S/C19H19F3N4O4/c20-19(21,22)30-15-4-2-14(3-5-15)24-17(28)12-25-7-9-26(10-8-25)18(29)13-1-6-16(27)23-11-13/h1-6,11H,7-10,12H2,(H,23,27)(H,24,28). The molecule has 0 saturated carbocycles. The molecule has 0 bridgehead atoms. The quantitative estimate of drug-likeness (QED) is 0.762. The summed E-state index contributed by atoms with van der Waals surface area (Å²) in [4.78, 5) is 41.7. The predicted molar refractivity (Wildman–Crippen MR) is 101 cm³/mol. The number of ether oxygens (including phenoxy) is 1. The molecular weight excluding hydrogens is 405 g/mol. The van der Waals surface area contributed by atoms with E-state index in [0.29, 0.717) is 37.4 Å². The Hall–Kier alpha value is -3.34. The first kappa shape index (κ1) is 21.4.